The number of hydrogen-bond acceptors (Lipinski definition) is 2. The number of thiophene rings is 1. The van der Waals surface area contributed by atoms with Crippen LogP contribution in [0.1, 0.15) is 63.9 Å². The predicted octanol–water partition coefficient (Wildman–Crippen LogP) is 5.27. The molecule has 0 spiro atoms. The van der Waals surface area contributed by atoms with Crippen LogP contribution in [0, 0.1) is 17.8 Å². The summed E-state index contributed by atoms with van der Waals surface area (Å²) in [6.07, 6.45) is 12.8. The van der Waals surface area contributed by atoms with Gasteiger partial charge in [-0.3, -0.25) is 0 Å². The van der Waals surface area contributed by atoms with E-state index in [1.54, 1.807) is 5.56 Å². The Kier molecular flexibility index (Phi) is 5.76. The SMILES string of the molecule is CCCC1CCC(CNC2CC2)C(CCc2ccsc2)C1. The van der Waals surface area contributed by atoms with Crippen LogP contribution in [-0.2, 0) is 6.42 Å². The van der Waals surface area contributed by atoms with E-state index >= 15 is 0 Å². The topological polar surface area (TPSA) is 12.0 Å². The number of nitrogens with one attached hydrogen (secondary N) is 1. The molecule has 2 aliphatic rings. The van der Waals surface area contributed by atoms with Crippen LogP contribution in [0.5, 0.6) is 0 Å². The van der Waals surface area contributed by atoms with Gasteiger partial charge in [0.05, 0.1) is 0 Å². The van der Waals surface area contributed by atoms with Crippen molar-refractivity contribution >= 4 is 11.3 Å². The van der Waals surface area contributed by atoms with Gasteiger partial charge in [0.1, 0.15) is 0 Å². The maximum Gasteiger partial charge on any atom is 0.00683 e. The molecule has 2 heteroatoms. The van der Waals surface area contributed by atoms with Gasteiger partial charge in [0.15, 0.2) is 0 Å². The van der Waals surface area contributed by atoms with E-state index in [-0.39, 0.29) is 0 Å². The molecule has 3 rings (SSSR count). The lowest BCUT2D eigenvalue weighted by atomic mass is 9.71. The summed E-state index contributed by atoms with van der Waals surface area (Å²) >= 11 is 1.85. The molecule has 0 radical (unpaired) electrons. The van der Waals surface area contributed by atoms with Crippen LogP contribution in [0.15, 0.2) is 16.8 Å². The molecule has 0 amide bonds. The highest BCUT2D eigenvalue weighted by Gasteiger charge is 2.31. The molecule has 0 aromatic carbocycles. The first-order valence-corrected chi connectivity index (χ1v) is 10.0. The average molecular weight is 306 g/mol. The van der Waals surface area contributed by atoms with Gasteiger partial charge in [-0.05, 0) is 85.2 Å². The highest BCUT2D eigenvalue weighted by Crippen LogP contribution is 2.38. The zero-order valence-electron chi connectivity index (χ0n) is 13.5. The Morgan fingerprint density at radius 2 is 2.05 bits per heavy atom. The summed E-state index contributed by atoms with van der Waals surface area (Å²) in [7, 11) is 0. The second-order valence-electron chi connectivity index (χ2n) is 7.34. The molecule has 1 nitrogen and oxygen atoms in total. The molecule has 2 saturated carbocycles. The summed E-state index contributed by atoms with van der Waals surface area (Å²) < 4.78 is 0. The molecule has 1 N–H and O–H groups in total. The predicted molar refractivity (Wildman–Crippen MR) is 92.9 cm³/mol. The van der Waals surface area contributed by atoms with Crippen molar-refractivity contribution in [1.82, 2.24) is 5.32 Å². The fourth-order valence-electron chi connectivity index (χ4n) is 4.11. The monoisotopic (exact) mass is 305 g/mol. The van der Waals surface area contributed by atoms with Crippen LogP contribution < -0.4 is 5.32 Å². The van der Waals surface area contributed by atoms with Crippen LogP contribution in [0.4, 0.5) is 0 Å². The Bertz CT molecular complexity index is 396. The Morgan fingerprint density at radius 1 is 1.14 bits per heavy atom. The van der Waals surface area contributed by atoms with E-state index in [2.05, 4.69) is 29.1 Å². The third-order valence-electron chi connectivity index (χ3n) is 5.58. The van der Waals surface area contributed by atoms with Crippen molar-refractivity contribution < 1.29 is 0 Å². The summed E-state index contributed by atoms with van der Waals surface area (Å²) in [4.78, 5) is 0. The zero-order chi connectivity index (χ0) is 14.5. The molecular weight excluding hydrogens is 274 g/mol. The van der Waals surface area contributed by atoms with Crippen molar-refractivity contribution in [2.24, 2.45) is 17.8 Å². The van der Waals surface area contributed by atoms with Crippen molar-refractivity contribution in [3.63, 3.8) is 0 Å². The minimum absolute atomic E-state index is 0.871. The van der Waals surface area contributed by atoms with Gasteiger partial charge < -0.3 is 5.32 Å². The Hall–Kier alpha value is -0.340. The molecule has 21 heavy (non-hydrogen) atoms. The van der Waals surface area contributed by atoms with Gasteiger partial charge in [-0.25, -0.2) is 0 Å². The fourth-order valence-corrected chi connectivity index (χ4v) is 4.81. The molecule has 2 aliphatic carbocycles. The molecule has 0 aliphatic heterocycles. The number of hydrogen-bond donors (Lipinski definition) is 1. The van der Waals surface area contributed by atoms with Crippen LogP contribution in [0.3, 0.4) is 0 Å². The summed E-state index contributed by atoms with van der Waals surface area (Å²) in [5.41, 5.74) is 1.56. The second-order valence-corrected chi connectivity index (χ2v) is 8.12. The summed E-state index contributed by atoms with van der Waals surface area (Å²) in [6, 6.07) is 3.19. The Morgan fingerprint density at radius 3 is 2.76 bits per heavy atom. The third-order valence-corrected chi connectivity index (χ3v) is 6.31. The maximum absolute atomic E-state index is 3.80. The minimum Gasteiger partial charge on any atom is -0.314 e. The van der Waals surface area contributed by atoms with E-state index in [1.165, 1.54) is 64.3 Å². The average Bonchev–Trinajstić information content (AvgIpc) is 3.18. The standard InChI is InChI=1S/C19H31NS/c1-2-3-15-4-7-18(13-20-19-8-9-19)17(12-15)6-5-16-10-11-21-14-16/h10-11,14-15,17-20H,2-9,12-13H2,1H3. The summed E-state index contributed by atoms with van der Waals surface area (Å²) in [5, 5.41) is 8.36. The van der Waals surface area contributed by atoms with E-state index in [4.69, 9.17) is 0 Å². The van der Waals surface area contributed by atoms with Gasteiger partial charge in [0.25, 0.3) is 0 Å². The molecular formula is C19H31NS. The summed E-state index contributed by atoms with van der Waals surface area (Å²) in [6.45, 7) is 3.64. The van der Waals surface area contributed by atoms with E-state index in [0.29, 0.717) is 0 Å². The van der Waals surface area contributed by atoms with Crippen LogP contribution in [-0.4, -0.2) is 12.6 Å². The Balaban J connectivity index is 1.52. The minimum atomic E-state index is 0.871. The molecule has 1 aromatic rings. The lowest BCUT2D eigenvalue weighted by Gasteiger charge is -2.36. The quantitative estimate of drug-likeness (QED) is 0.690. The lowest BCUT2D eigenvalue weighted by molar-refractivity contribution is 0.159. The first-order chi connectivity index (χ1) is 10.3. The van der Waals surface area contributed by atoms with E-state index in [1.807, 2.05) is 11.3 Å². The first kappa shape index (κ1) is 15.6. The zero-order valence-corrected chi connectivity index (χ0v) is 14.3. The van der Waals surface area contributed by atoms with Crippen LogP contribution in [0.25, 0.3) is 0 Å². The molecule has 1 heterocycles. The van der Waals surface area contributed by atoms with Gasteiger partial charge in [-0.1, -0.05) is 26.2 Å². The largest absolute Gasteiger partial charge is 0.314 e. The van der Waals surface area contributed by atoms with Crippen LogP contribution >= 0.6 is 11.3 Å². The van der Waals surface area contributed by atoms with Gasteiger partial charge in [-0.15, -0.1) is 0 Å². The molecule has 0 saturated heterocycles. The smallest absolute Gasteiger partial charge is 0.00683 e. The molecule has 2 fully saturated rings. The lowest BCUT2D eigenvalue weighted by Crippen LogP contribution is -2.34. The highest BCUT2D eigenvalue weighted by molar-refractivity contribution is 7.07. The van der Waals surface area contributed by atoms with Crippen molar-refractivity contribution in [3.05, 3.63) is 22.4 Å². The van der Waals surface area contributed by atoms with Crippen molar-refractivity contribution in [2.75, 3.05) is 6.54 Å². The molecule has 3 unspecified atom stereocenters. The van der Waals surface area contributed by atoms with Gasteiger partial charge in [-0.2, -0.15) is 11.3 Å². The van der Waals surface area contributed by atoms with Crippen molar-refractivity contribution in [3.8, 4) is 0 Å². The third kappa shape index (κ3) is 4.82. The van der Waals surface area contributed by atoms with E-state index in [0.717, 1.165) is 23.8 Å². The second kappa shape index (κ2) is 7.78. The fraction of sp³-hybridized carbons (Fsp3) is 0.789. The number of rotatable bonds is 8. The van der Waals surface area contributed by atoms with Gasteiger partial charge in [0, 0.05) is 6.04 Å². The molecule has 1 aromatic heterocycles. The normalized spacial score (nSPS) is 29.7. The molecule has 0 bridgehead atoms. The Labute approximate surface area is 134 Å². The molecule has 118 valence electrons. The number of aryl methyl sites for hydroxylation is 1. The van der Waals surface area contributed by atoms with Gasteiger partial charge in [0.2, 0.25) is 0 Å². The summed E-state index contributed by atoms with van der Waals surface area (Å²) in [5.74, 6) is 2.92. The van der Waals surface area contributed by atoms with Crippen molar-refractivity contribution in [1.29, 1.82) is 0 Å². The van der Waals surface area contributed by atoms with E-state index in [9.17, 15) is 0 Å². The maximum atomic E-state index is 3.80. The van der Waals surface area contributed by atoms with Gasteiger partial charge >= 0.3 is 0 Å². The van der Waals surface area contributed by atoms with E-state index < -0.39 is 0 Å². The molecule has 3 atom stereocenters. The van der Waals surface area contributed by atoms with Crippen molar-refractivity contribution in [2.45, 2.75) is 70.8 Å². The first-order valence-electron chi connectivity index (χ1n) is 9.09. The highest BCUT2D eigenvalue weighted by atomic mass is 32.1. The van der Waals surface area contributed by atoms with Crippen LogP contribution in [0.2, 0.25) is 0 Å².